The number of hydrogen-bond donors (Lipinski definition) is 2. The van der Waals surface area contributed by atoms with Gasteiger partial charge in [0.2, 0.25) is 0 Å². The fraction of sp³-hybridized carbons (Fsp3) is 0.250. The molecule has 0 aromatic heterocycles. The maximum absolute atomic E-state index is 13.5. The van der Waals surface area contributed by atoms with E-state index in [1.165, 1.54) is 19.1 Å². The van der Waals surface area contributed by atoms with E-state index in [1.807, 2.05) is 0 Å². The molecule has 0 heterocycles. The van der Waals surface area contributed by atoms with Crippen LogP contribution in [-0.4, -0.2) is 30.4 Å². The number of esters is 1. The van der Waals surface area contributed by atoms with Crippen LogP contribution in [0.1, 0.15) is 28.4 Å². The molecule has 142 valence electrons. The van der Waals surface area contributed by atoms with Crippen LogP contribution in [0.2, 0.25) is 0 Å². The Hall–Kier alpha value is -3.22. The van der Waals surface area contributed by atoms with Crippen molar-refractivity contribution in [2.24, 2.45) is 0 Å². The third-order valence-electron chi connectivity index (χ3n) is 3.90. The highest BCUT2D eigenvalue weighted by Gasteiger charge is 2.19. The summed E-state index contributed by atoms with van der Waals surface area (Å²) in [7, 11) is 0. The quantitative estimate of drug-likeness (QED) is 0.764. The summed E-state index contributed by atoms with van der Waals surface area (Å²) in [6, 6.07) is 11.2. The van der Waals surface area contributed by atoms with Crippen LogP contribution in [0.15, 0.2) is 42.5 Å². The van der Waals surface area contributed by atoms with Gasteiger partial charge in [-0.3, -0.25) is 14.4 Å². The molecule has 1 unspecified atom stereocenters. The predicted molar refractivity (Wildman–Crippen MR) is 98.8 cm³/mol. The molecule has 0 aliphatic heterocycles. The van der Waals surface area contributed by atoms with Crippen LogP contribution in [0.5, 0.6) is 0 Å². The number of benzene rings is 2. The van der Waals surface area contributed by atoms with Gasteiger partial charge in [-0.25, -0.2) is 4.39 Å². The summed E-state index contributed by atoms with van der Waals surface area (Å²) < 4.78 is 18.5. The molecule has 0 saturated heterocycles. The Morgan fingerprint density at radius 2 is 1.78 bits per heavy atom. The average molecular weight is 372 g/mol. The lowest BCUT2D eigenvalue weighted by molar-refractivity contribution is -0.152. The van der Waals surface area contributed by atoms with Crippen molar-refractivity contribution in [2.75, 3.05) is 11.9 Å². The molecule has 0 saturated carbocycles. The molecule has 2 aromatic carbocycles. The Labute approximate surface area is 156 Å². The molecule has 2 rings (SSSR count). The Bertz CT molecular complexity index is 867. The van der Waals surface area contributed by atoms with Crippen LogP contribution in [0.4, 0.5) is 10.1 Å². The second-order valence-electron chi connectivity index (χ2n) is 6.08. The molecule has 0 spiro atoms. The van der Waals surface area contributed by atoms with E-state index in [2.05, 4.69) is 10.6 Å². The summed E-state index contributed by atoms with van der Waals surface area (Å²) in [5.74, 6) is -2.21. The smallest absolute Gasteiger partial charge is 0.326 e. The zero-order chi connectivity index (χ0) is 20.0. The largest absolute Gasteiger partial charge is 0.451 e. The van der Waals surface area contributed by atoms with Crippen LogP contribution in [0.3, 0.4) is 0 Å². The van der Waals surface area contributed by atoms with Crippen molar-refractivity contribution in [1.82, 2.24) is 5.32 Å². The third-order valence-corrected chi connectivity index (χ3v) is 3.90. The van der Waals surface area contributed by atoms with E-state index in [-0.39, 0.29) is 12.2 Å². The van der Waals surface area contributed by atoms with Gasteiger partial charge in [0.25, 0.3) is 11.8 Å². The summed E-state index contributed by atoms with van der Waals surface area (Å²) in [4.78, 5) is 36.0. The number of hydrogen-bond acceptors (Lipinski definition) is 4. The average Bonchev–Trinajstić information content (AvgIpc) is 2.63. The molecule has 7 heteroatoms. The molecular weight excluding hydrogens is 351 g/mol. The Kier molecular flexibility index (Phi) is 6.65. The van der Waals surface area contributed by atoms with Crippen LogP contribution >= 0.6 is 0 Å². The Balaban J connectivity index is 1.83. The predicted octanol–water partition coefficient (Wildman–Crippen LogP) is 2.74. The van der Waals surface area contributed by atoms with E-state index in [0.717, 1.165) is 5.56 Å². The molecule has 6 nitrogen and oxygen atoms in total. The van der Waals surface area contributed by atoms with Crippen LogP contribution in [0.25, 0.3) is 0 Å². The van der Waals surface area contributed by atoms with Crippen molar-refractivity contribution in [3.63, 3.8) is 0 Å². The zero-order valence-corrected chi connectivity index (χ0v) is 15.3. The summed E-state index contributed by atoms with van der Waals surface area (Å²) in [6.07, 6.45) is -1.10. The molecule has 0 fully saturated rings. The van der Waals surface area contributed by atoms with Gasteiger partial charge in [0.05, 0.1) is 0 Å². The van der Waals surface area contributed by atoms with Gasteiger partial charge in [0, 0.05) is 11.3 Å². The number of carbonyl (C=O) groups excluding carboxylic acids is 3. The van der Waals surface area contributed by atoms with Gasteiger partial charge >= 0.3 is 5.97 Å². The van der Waals surface area contributed by atoms with Crippen LogP contribution < -0.4 is 10.6 Å². The van der Waals surface area contributed by atoms with Gasteiger partial charge in [-0.1, -0.05) is 24.3 Å². The molecule has 0 radical (unpaired) electrons. The van der Waals surface area contributed by atoms with E-state index >= 15 is 0 Å². The normalized spacial score (nSPS) is 11.4. The van der Waals surface area contributed by atoms with Crippen molar-refractivity contribution in [3.8, 4) is 0 Å². The molecule has 1 atom stereocenters. The fourth-order valence-corrected chi connectivity index (χ4v) is 2.28. The number of amides is 2. The second kappa shape index (κ2) is 8.93. The molecule has 2 amide bonds. The van der Waals surface area contributed by atoms with E-state index in [1.54, 1.807) is 44.2 Å². The van der Waals surface area contributed by atoms with Crippen molar-refractivity contribution in [2.45, 2.75) is 26.9 Å². The maximum Gasteiger partial charge on any atom is 0.326 e. The number of aryl methyl sites for hydroxylation is 2. The first-order valence-electron chi connectivity index (χ1n) is 8.38. The van der Waals surface area contributed by atoms with Gasteiger partial charge in [0.15, 0.2) is 6.10 Å². The molecule has 2 N–H and O–H groups in total. The lowest BCUT2D eigenvalue weighted by Crippen LogP contribution is -2.36. The highest BCUT2D eigenvalue weighted by molar-refractivity contribution is 5.98. The van der Waals surface area contributed by atoms with Gasteiger partial charge < -0.3 is 15.4 Å². The van der Waals surface area contributed by atoms with Gasteiger partial charge in [-0.2, -0.15) is 0 Å². The first-order valence-corrected chi connectivity index (χ1v) is 8.38. The molecular formula is C20H21FN2O4. The SMILES string of the molecule is Cc1ccc(NC(=O)C(C)OC(=O)CNC(=O)c2ccccc2C)cc1F. The lowest BCUT2D eigenvalue weighted by atomic mass is 10.1. The van der Waals surface area contributed by atoms with Crippen molar-refractivity contribution < 1.29 is 23.5 Å². The third kappa shape index (κ3) is 5.64. The highest BCUT2D eigenvalue weighted by Crippen LogP contribution is 2.14. The molecule has 0 aliphatic carbocycles. The van der Waals surface area contributed by atoms with Gasteiger partial charge in [0.1, 0.15) is 12.4 Å². The zero-order valence-electron chi connectivity index (χ0n) is 15.3. The lowest BCUT2D eigenvalue weighted by Gasteiger charge is -2.14. The number of nitrogens with one attached hydrogen (secondary N) is 2. The van der Waals surface area contributed by atoms with E-state index in [4.69, 9.17) is 4.74 Å². The number of carbonyl (C=O) groups is 3. The number of anilines is 1. The van der Waals surface area contributed by atoms with Crippen molar-refractivity contribution >= 4 is 23.5 Å². The minimum absolute atomic E-state index is 0.263. The fourth-order valence-electron chi connectivity index (χ4n) is 2.28. The minimum Gasteiger partial charge on any atom is -0.451 e. The van der Waals surface area contributed by atoms with E-state index < -0.39 is 29.7 Å². The number of ether oxygens (including phenoxy) is 1. The summed E-state index contributed by atoms with van der Waals surface area (Å²) >= 11 is 0. The first-order chi connectivity index (χ1) is 12.8. The molecule has 0 aliphatic rings. The summed E-state index contributed by atoms with van der Waals surface area (Å²) in [6.45, 7) is 4.41. The second-order valence-corrected chi connectivity index (χ2v) is 6.08. The Morgan fingerprint density at radius 3 is 2.44 bits per heavy atom. The molecule has 0 bridgehead atoms. The summed E-state index contributed by atoms with van der Waals surface area (Å²) in [5.41, 5.74) is 1.95. The number of halogens is 1. The standard InChI is InChI=1S/C20H21FN2O4/c1-12-6-4-5-7-16(12)20(26)22-11-18(24)27-14(3)19(25)23-15-9-8-13(2)17(21)10-15/h4-10,14H,11H2,1-3H3,(H,22,26)(H,23,25). The highest BCUT2D eigenvalue weighted by atomic mass is 19.1. The summed E-state index contributed by atoms with van der Waals surface area (Å²) in [5, 5.41) is 4.92. The van der Waals surface area contributed by atoms with Crippen LogP contribution in [0, 0.1) is 19.7 Å². The minimum atomic E-state index is -1.10. The van der Waals surface area contributed by atoms with Crippen molar-refractivity contribution in [1.29, 1.82) is 0 Å². The van der Waals surface area contributed by atoms with Crippen molar-refractivity contribution in [3.05, 3.63) is 65.0 Å². The monoisotopic (exact) mass is 372 g/mol. The molecule has 27 heavy (non-hydrogen) atoms. The van der Waals surface area contributed by atoms with E-state index in [9.17, 15) is 18.8 Å². The van der Waals surface area contributed by atoms with Gasteiger partial charge in [-0.15, -0.1) is 0 Å². The van der Waals surface area contributed by atoms with E-state index in [0.29, 0.717) is 11.1 Å². The number of rotatable bonds is 6. The maximum atomic E-state index is 13.5. The van der Waals surface area contributed by atoms with Gasteiger partial charge in [-0.05, 0) is 50.1 Å². The topological polar surface area (TPSA) is 84.5 Å². The Morgan fingerprint density at radius 1 is 1.07 bits per heavy atom. The molecule has 2 aromatic rings. The first kappa shape index (κ1) is 20.1. The van der Waals surface area contributed by atoms with Crippen LogP contribution in [-0.2, 0) is 14.3 Å².